The number of nitrogens with zero attached hydrogens (tertiary/aromatic N) is 1. The molecular formula is C24H30F2N2O3. The molecule has 0 heterocycles. The Labute approximate surface area is 182 Å². The number of anilines is 1. The third kappa shape index (κ3) is 7.36. The van der Waals surface area contributed by atoms with E-state index in [2.05, 4.69) is 37.9 Å². The largest absolute Gasteiger partial charge is 0.493 e. The molecule has 0 radical (unpaired) electrons. The van der Waals surface area contributed by atoms with Gasteiger partial charge >= 0.3 is 0 Å². The number of hydrogen-bond acceptors (Lipinski definition) is 4. The van der Waals surface area contributed by atoms with Gasteiger partial charge in [0, 0.05) is 42.0 Å². The number of ether oxygens (including phenoxy) is 2. The van der Waals surface area contributed by atoms with E-state index in [-0.39, 0.29) is 5.56 Å². The molecule has 1 amide bonds. The van der Waals surface area contributed by atoms with Crippen LogP contribution >= 0.6 is 0 Å². The summed E-state index contributed by atoms with van der Waals surface area (Å²) in [5.74, 6) is -0.608. The number of methoxy groups -OCH3 is 1. The minimum absolute atomic E-state index is 0.00578. The van der Waals surface area contributed by atoms with Gasteiger partial charge in [-0.25, -0.2) is 8.78 Å². The van der Waals surface area contributed by atoms with Crippen LogP contribution in [0.2, 0.25) is 0 Å². The number of nitrogens with one attached hydrogen (secondary N) is 1. The van der Waals surface area contributed by atoms with Crippen LogP contribution in [-0.4, -0.2) is 43.2 Å². The van der Waals surface area contributed by atoms with Crippen LogP contribution in [0.25, 0.3) is 6.08 Å². The normalized spacial score (nSPS) is 11.5. The topological polar surface area (TPSA) is 50.8 Å². The van der Waals surface area contributed by atoms with Gasteiger partial charge in [-0.15, -0.1) is 0 Å². The summed E-state index contributed by atoms with van der Waals surface area (Å²) in [6.07, 6.45) is 2.37. The van der Waals surface area contributed by atoms with Gasteiger partial charge in [0.2, 0.25) is 5.91 Å². The van der Waals surface area contributed by atoms with Crippen molar-refractivity contribution in [3.63, 3.8) is 0 Å². The summed E-state index contributed by atoms with van der Waals surface area (Å²) < 4.78 is 38.2. The number of halogens is 2. The van der Waals surface area contributed by atoms with Gasteiger partial charge in [-0.1, -0.05) is 0 Å². The van der Waals surface area contributed by atoms with Gasteiger partial charge in [0.05, 0.1) is 7.11 Å². The third-order valence-electron chi connectivity index (χ3n) is 4.74. The van der Waals surface area contributed by atoms with E-state index < -0.39 is 17.5 Å². The molecule has 0 bridgehead atoms. The lowest BCUT2D eigenvalue weighted by Gasteiger charge is -2.30. The molecule has 0 fully saturated rings. The molecule has 7 heteroatoms. The van der Waals surface area contributed by atoms with Crippen LogP contribution < -0.4 is 14.8 Å². The van der Waals surface area contributed by atoms with E-state index in [1.807, 2.05) is 0 Å². The second-order valence-corrected chi connectivity index (χ2v) is 7.63. The average molecular weight is 433 g/mol. The van der Waals surface area contributed by atoms with E-state index in [1.165, 1.54) is 6.08 Å². The predicted octanol–water partition coefficient (Wildman–Crippen LogP) is 5.12. The Balaban J connectivity index is 2.04. The minimum Gasteiger partial charge on any atom is -0.493 e. The molecule has 5 nitrogen and oxygen atoms in total. The van der Waals surface area contributed by atoms with Crippen molar-refractivity contribution in [1.29, 1.82) is 0 Å². The molecule has 0 atom stereocenters. The van der Waals surface area contributed by atoms with E-state index in [0.29, 0.717) is 35.9 Å². The molecule has 0 saturated heterocycles. The molecule has 168 valence electrons. The second-order valence-electron chi connectivity index (χ2n) is 7.63. The van der Waals surface area contributed by atoms with Crippen LogP contribution in [0.5, 0.6) is 11.5 Å². The number of rotatable bonds is 10. The molecule has 2 aromatic carbocycles. The first kappa shape index (κ1) is 24.3. The zero-order chi connectivity index (χ0) is 23.0. The first-order valence-corrected chi connectivity index (χ1v) is 10.2. The predicted molar refractivity (Wildman–Crippen MR) is 119 cm³/mol. The molecule has 0 aliphatic carbocycles. The summed E-state index contributed by atoms with van der Waals surface area (Å²) >= 11 is 0. The number of carbonyl (C=O) groups excluding carboxylic acids is 1. The van der Waals surface area contributed by atoms with Crippen molar-refractivity contribution in [3.8, 4) is 11.5 Å². The van der Waals surface area contributed by atoms with Crippen LogP contribution in [0, 0.1) is 11.6 Å². The van der Waals surface area contributed by atoms with E-state index in [1.54, 1.807) is 25.3 Å². The second kappa shape index (κ2) is 11.5. The average Bonchev–Trinajstić information content (AvgIpc) is 2.71. The van der Waals surface area contributed by atoms with E-state index in [0.717, 1.165) is 30.8 Å². The fourth-order valence-electron chi connectivity index (χ4n) is 3.23. The first-order chi connectivity index (χ1) is 14.7. The summed E-state index contributed by atoms with van der Waals surface area (Å²) in [6, 6.07) is 8.89. The highest BCUT2D eigenvalue weighted by molar-refractivity contribution is 6.02. The highest BCUT2D eigenvalue weighted by Crippen LogP contribution is 2.30. The molecule has 1 N–H and O–H groups in total. The number of hydrogen-bond donors (Lipinski definition) is 1. The maximum Gasteiger partial charge on any atom is 0.248 e. The quantitative estimate of drug-likeness (QED) is 0.529. The smallest absolute Gasteiger partial charge is 0.248 e. The van der Waals surface area contributed by atoms with Gasteiger partial charge in [0.15, 0.2) is 11.5 Å². The molecule has 0 spiro atoms. The van der Waals surface area contributed by atoms with Gasteiger partial charge in [-0.3, -0.25) is 9.69 Å². The Hall–Kier alpha value is -2.93. The Bertz CT molecular complexity index is 906. The third-order valence-corrected chi connectivity index (χ3v) is 4.74. The molecule has 0 saturated carbocycles. The molecule has 31 heavy (non-hydrogen) atoms. The fraction of sp³-hybridized carbons (Fsp3) is 0.375. The monoisotopic (exact) mass is 432 g/mol. The van der Waals surface area contributed by atoms with Gasteiger partial charge in [0.1, 0.15) is 18.2 Å². The molecule has 0 aliphatic heterocycles. The van der Waals surface area contributed by atoms with Crippen LogP contribution in [0.1, 0.15) is 33.3 Å². The Morgan fingerprint density at radius 2 is 1.77 bits per heavy atom. The number of benzene rings is 2. The molecule has 2 aromatic rings. The first-order valence-electron chi connectivity index (χ1n) is 10.2. The van der Waals surface area contributed by atoms with Crippen LogP contribution in [0.3, 0.4) is 0 Å². The lowest BCUT2D eigenvalue weighted by atomic mass is 10.2. The molecule has 2 rings (SSSR count). The highest BCUT2D eigenvalue weighted by Gasteiger charge is 2.14. The van der Waals surface area contributed by atoms with Crippen molar-refractivity contribution < 1.29 is 23.0 Å². The molecule has 0 aliphatic rings. The lowest BCUT2D eigenvalue weighted by Crippen LogP contribution is -2.39. The van der Waals surface area contributed by atoms with Crippen LogP contribution in [0.15, 0.2) is 42.5 Å². The van der Waals surface area contributed by atoms with Crippen molar-refractivity contribution in [3.05, 3.63) is 59.7 Å². The zero-order valence-electron chi connectivity index (χ0n) is 18.6. The SMILES string of the molecule is COc1ccc(NC(=O)/C=C/c2cc(F)ccc2F)cc1OCCN(C(C)C)C(C)C. The van der Waals surface area contributed by atoms with Crippen molar-refractivity contribution in [2.45, 2.75) is 39.8 Å². The van der Waals surface area contributed by atoms with Crippen LogP contribution in [0.4, 0.5) is 14.5 Å². The summed E-state index contributed by atoms with van der Waals surface area (Å²) in [5.41, 5.74) is 0.489. The number of carbonyl (C=O) groups is 1. The minimum atomic E-state index is -0.609. The van der Waals surface area contributed by atoms with Crippen LogP contribution in [-0.2, 0) is 4.79 Å². The molecular weight excluding hydrogens is 402 g/mol. The zero-order valence-corrected chi connectivity index (χ0v) is 18.6. The number of amides is 1. The maximum absolute atomic E-state index is 13.7. The van der Waals surface area contributed by atoms with Gasteiger partial charge in [0.25, 0.3) is 0 Å². The summed E-state index contributed by atoms with van der Waals surface area (Å²) in [6.45, 7) is 9.76. The lowest BCUT2D eigenvalue weighted by molar-refractivity contribution is -0.111. The van der Waals surface area contributed by atoms with Gasteiger partial charge in [-0.2, -0.15) is 0 Å². The molecule has 0 unspecified atom stereocenters. The molecule has 0 aromatic heterocycles. The summed E-state index contributed by atoms with van der Waals surface area (Å²) in [4.78, 5) is 14.5. The Morgan fingerprint density at radius 3 is 2.42 bits per heavy atom. The fourth-order valence-corrected chi connectivity index (χ4v) is 3.23. The van der Waals surface area contributed by atoms with Crippen molar-refractivity contribution in [1.82, 2.24) is 4.90 Å². The van der Waals surface area contributed by atoms with E-state index in [9.17, 15) is 13.6 Å². The Morgan fingerprint density at radius 1 is 1.06 bits per heavy atom. The van der Waals surface area contributed by atoms with E-state index in [4.69, 9.17) is 9.47 Å². The van der Waals surface area contributed by atoms with Crippen molar-refractivity contribution in [2.24, 2.45) is 0 Å². The standard InChI is InChI=1S/C24H30F2N2O3/c1-16(2)28(17(3)4)12-13-31-23-15-20(8-10-22(23)30-5)27-24(29)11-6-18-14-19(25)7-9-21(18)26/h6-11,14-17H,12-13H2,1-5H3,(H,27,29)/b11-6+. The van der Waals surface area contributed by atoms with Crippen molar-refractivity contribution >= 4 is 17.7 Å². The summed E-state index contributed by atoms with van der Waals surface area (Å²) in [5, 5.41) is 2.69. The maximum atomic E-state index is 13.7. The Kier molecular flexibility index (Phi) is 9.00. The van der Waals surface area contributed by atoms with Crippen molar-refractivity contribution in [2.75, 3.05) is 25.6 Å². The van der Waals surface area contributed by atoms with Gasteiger partial charge in [-0.05, 0) is 64.1 Å². The van der Waals surface area contributed by atoms with E-state index >= 15 is 0 Å². The highest BCUT2D eigenvalue weighted by atomic mass is 19.1. The summed E-state index contributed by atoms with van der Waals surface area (Å²) in [7, 11) is 1.55. The van der Waals surface area contributed by atoms with Gasteiger partial charge < -0.3 is 14.8 Å².